The highest BCUT2D eigenvalue weighted by Gasteiger charge is 2.29. The van der Waals surface area contributed by atoms with Gasteiger partial charge < -0.3 is 4.90 Å². The lowest BCUT2D eigenvalue weighted by Gasteiger charge is -2.38. The van der Waals surface area contributed by atoms with Gasteiger partial charge in [-0.25, -0.2) is 5.43 Å². The minimum Gasteiger partial charge on any atom is -0.338 e. The Morgan fingerprint density at radius 2 is 1.55 bits per heavy atom. The third-order valence-corrected chi connectivity index (χ3v) is 6.92. The van der Waals surface area contributed by atoms with Crippen molar-refractivity contribution in [3.63, 3.8) is 0 Å². The summed E-state index contributed by atoms with van der Waals surface area (Å²) in [5.41, 5.74) is 3.35. The number of halogens is 1. The molecule has 2 aliphatic rings. The summed E-state index contributed by atoms with van der Waals surface area (Å²) in [5, 5.41) is 1.80. The van der Waals surface area contributed by atoms with Crippen molar-refractivity contribution in [3.05, 3.63) is 0 Å². The molecule has 2 rings (SSSR count). The lowest BCUT2D eigenvalue weighted by molar-refractivity contribution is -0.142. The van der Waals surface area contributed by atoms with Gasteiger partial charge in [0.2, 0.25) is 11.8 Å². The number of hydrazine groups is 1. The molecule has 1 N–H and O–H groups in total. The number of amides is 2. The predicted molar refractivity (Wildman–Crippen MR) is 131 cm³/mol. The first kappa shape index (κ1) is 28.2. The van der Waals surface area contributed by atoms with Gasteiger partial charge in [0, 0.05) is 38.0 Å². The number of nitrogens with one attached hydrogen (secondary N) is 1. The van der Waals surface area contributed by atoms with E-state index in [2.05, 4.69) is 17.2 Å². The smallest absolute Gasteiger partial charge is 0.239 e. The van der Waals surface area contributed by atoms with Crippen molar-refractivity contribution >= 4 is 24.2 Å². The summed E-state index contributed by atoms with van der Waals surface area (Å²) in [6, 6.07) is 0.236. The van der Waals surface area contributed by atoms with E-state index in [-0.39, 0.29) is 30.3 Å². The summed E-state index contributed by atoms with van der Waals surface area (Å²) in [6.07, 6.45) is 19.1. The Hall–Kier alpha value is -0.810. The summed E-state index contributed by atoms with van der Waals surface area (Å²) in [6.45, 7) is 6.66. The van der Waals surface area contributed by atoms with E-state index in [1.54, 1.807) is 5.01 Å². The second kappa shape index (κ2) is 16.8. The van der Waals surface area contributed by atoms with Gasteiger partial charge in [-0.1, -0.05) is 71.6 Å². The van der Waals surface area contributed by atoms with Gasteiger partial charge in [0.1, 0.15) is 0 Å². The lowest BCUT2D eigenvalue weighted by atomic mass is 10.00. The molecule has 0 aromatic rings. The van der Waals surface area contributed by atoms with Crippen LogP contribution in [0, 0.1) is 5.92 Å². The van der Waals surface area contributed by atoms with E-state index in [1.165, 1.54) is 64.2 Å². The standard InChI is InChI=1S/C25H47N3O2.ClH/c1-3-4-5-6-7-8-9-10-11-12-18-24(29)27-19-14-13-17-23(27)21-26-28-20-15-16-22(2)25(28)30;/h22-23,26H,3-21H2,1-2H3;1H. The Labute approximate surface area is 197 Å². The number of hydrogen-bond acceptors (Lipinski definition) is 3. The first-order chi connectivity index (χ1) is 14.6. The number of nitrogens with zero attached hydrogens (tertiary/aromatic N) is 2. The van der Waals surface area contributed by atoms with Crippen LogP contribution in [0.2, 0.25) is 0 Å². The molecular formula is C25H48ClN3O2. The Kier molecular flexibility index (Phi) is 15.3. The molecule has 2 saturated heterocycles. The van der Waals surface area contributed by atoms with E-state index in [0.717, 1.165) is 45.2 Å². The van der Waals surface area contributed by atoms with Crippen LogP contribution in [-0.2, 0) is 9.59 Å². The van der Waals surface area contributed by atoms with Crippen LogP contribution in [0.3, 0.4) is 0 Å². The Balaban J connectivity index is 0.00000480. The molecule has 182 valence electrons. The summed E-state index contributed by atoms with van der Waals surface area (Å²) < 4.78 is 0. The molecule has 0 aromatic heterocycles. The minimum absolute atomic E-state index is 0. The molecule has 0 radical (unpaired) electrons. The van der Waals surface area contributed by atoms with Gasteiger partial charge in [-0.2, -0.15) is 0 Å². The van der Waals surface area contributed by atoms with E-state index < -0.39 is 0 Å². The van der Waals surface area contributed by atoms with Gasteiger partial charge in [0.05, 0.1) is 0 Å². The zero-order valence-corrected chi connectivity index (χ0v) is 21.0. The molecule has 6 heteroatoms. The second-order valence-corrected chi connectivity index (χ2v) is 9.56. The van der Waals surface area contributed by atoms with E-state index in [4.69, 9.17) is 0 Å². The number of unbranched alkanes of at least 4 members (excludes halogenated alkanes) is 9. The molecule has 2 unspecified atom stereocenters. The third-order valence-electron chi connectivity index (χ3n) is 6.92. The highest BCUT2D eigenvalue weighted by molar-refractivity contribution is 5.85. The highest BCUT2D eigenvalue weighted by Crippen LogP contribution is 2.20. The fraction of sp³-hybridized carbons (Fsp3) is 0.920. The molecule has 2 heterocycles. The molecule has 31 heavy (non-hydrogen) atoms. The number of piperidine rings is 2. The maximum atomic E-state index is 12.8. The number of rotatable bonds is 14. The molecule has 2 aliphatic heterocycles. The minimum atomic E-state index is 0. The van der Waals surface area contributed by atoms with Crippen LogP contribution in [0.4, 0.5) is 0 Å². The first-order valence-electron chi connectivity index (χ1n) is 13.0. The van der Waals surface area contributed by atoms with E-state index >= 15 is 0 Å². The molecule has 2 fully saturated rings. The van der Waals surface area contributed by atoms with Crippen LogP contribution in [-0.4, -0.2) is 47.4 Å². The van der Waals surface area contributed by atoms with Crippen molar-refractivity contribution in [2.24, 2.45) is 5.92 Å². The van der Waals surface area contributed by atoms with Gasteiger partial charge >= 0.3 is 0 Å². The van der Waals surface area contributed by atoms with Crippen LogP contribution in [0.15, 0.2) is 0 Å². The molecular weight excluding hydrogens is 410 g/mol. The number of carbonyl (C=O) groups is 2. The number of carbonyl (C=O) groups excluding carboxylic acids is 2. The molecule has 2 amide bonds. The molecule has 0 spiro atoms. The summed E-state index contributed by atoms with van der Waals surface area (Å²) in [5.74, 6) is 0.645. The maximum absolute atomic E-state index is 12.8. The topological polar surface area (TPSA) is 52.7 Å². The number of hydrogen-bond donors (Lipinski definition) is 1. The lowest BCUT2D eigenvalue weighted by Crippen LogP contribution is -2.55. The maximum Gasteiger partial charge on any atom is 0.239 e. The molecule has 0 saturated carbocycles. The molecule has 0 aromatic carbocycles. The molecule has 0 aliphatic carbocycles. The monoisotopic (exact) mass is 457 g/mol. The molecule has 0 bridgehead atoms. The van der Waals surface area contributed by atoms with Gasteiger partial charge in [-0.15, -0.1) is 12.4 Å². The van der Waals surface area contributed by atoms with Gasteiger partial charge in [0.15, 0.2) is 0 Å². The molecule has 5 nitrogen and oxygen atoms in total. The Morgan fingerprint density at radius 1 is 0.903 bits per heavy atom. The highest BCUT2D eigenvalue weighted by atomic mass is 35.5. The van der Waals surface area contributed by atoms with Crippen molar-refractivity contribution < 1.29 is 9.59 Å². The zero-order chi connectivity index (χ0) is 21.6. The summed E-state index contributed by atoms with van der Waals surface area (Å²) >= 11 is 0. The van der Waals surface area contributed by atoms with E-state index in [1.807, 2.05) is 6.92 Å². The van der Waals surface area contributed by atoms with Crippen molar-refractivity contribution in [1.29, 1.82) is 0 Å². The summed E-state index contributed by atoms with van der Waals surface area (Å²) in [7, 11) is 0. The Morgan fingerprint density at radius 3 is 2.23 bits per heavy atom. The average molecular weight is 458 g/mol. The van der Waals surface area contributed by atoms with Crippen LogP contribution in [0.1, 0.15) is 117 Å². The fourth-order valence-electron chi connectivity index (χ4n) is 4.88. The van der Waals surface area contributed by atoms with Crippen molar-refractivity contribution in [2.45, 2.75) is 123 Å². The van der Waals surface area contributed by atoms with Crippen LogP contribution in [0.5, 0.6) is 0 Å². The predicted octanol–water partition coefficient (Wildman–Crippen LogP) is 5.86. The fourth-order valence-corrected chi connectivity index (χ4v) is 4.88. The quantitative estimate of drug-likeness (QED) is 0.332. The third kappa shape index (κ3) is 10.6. The Bertz CT molecular complexity index is 503. The van der Waals surface area contributed by atoms with E-state index in [9.17, 15) is 9.59 Å². The normalized spacial score (nSPS) is 21.8. The van der Waals surface area contributed by atoms with Crippen LogP contribution < -0.4 is 5.43 Å². The average Bonchev–Trinajstić information content (AvgIpc) is 2.76. The van der Waals surface area contributed by atoms with Crippen LogP contribution >= 0.6 is 12.4 Å². The van der Waals surface area contributed by atoms with Crippen LogP contribution in [0.25, 0.3) is 0 Å². The number of likely N-dealkylation sites (tertiary alicyclic amines) is 1. The van der Waals surface area contributed by atoms with Crippen molar-refractivity contribution in [3.8, 4) is 0 Å². The van der Waals surface area contributed by atoms with Gasteiger partial charge in [0.25, 0.3) is 0 Å². The first-order valence-corrected chi connectivity index (χ1v) is 13.0. The van der Waals surface area contributed by atoms with Crippen molar-refractivity contribution in [2.75, 3.05) is 19.6 Å². The molecule has 2 atom stereocenters. The van der Waals surface area contributed by atoms with Crippen molar-refractivity contribution in [1.82, 2.24) is 15.3 Å². The zero-order valence-electron chi connectivity index (χ0n) is 20.2. The SMILES string of the molecule is CCCCCCCCCCCCC(=O)N1CCCCC1CNN1CCCC(C)C1=O.Cl. The van der Waals surface area contributed by atoms with Gasteiger partial charge in [-0.05, 0) is 38.5 Å². The second-order valence-electron chi connectivity index (χ2n) is 9.56. The summed E-state index contributed by atoms with van der Waals surface area (Å²) in [4.78, 5) is 27.2. The van der Waals surface area contributed by atoms with Gasteiger partial charge in [-0.3, -0.25) is 14.6 Å². The largest absolute Gasteiger partial charge is 0.338 e. The van der Waals surface area contributed by atoms with E-state index in [0.29, 0.717) is 18.9 Å².